The maximum absolute atomic E-state index is 14.2. The molecule has 0 radical (unpaired) electrons. The third-order valence-corrected chi connectivity index (χ3v) is 4.86. The van der Waals surface area contributed by atoms with Crippen LogP contribution in [-0.4, -0.2) is 36.9 Å². The molecule has 2 rings (SSSR count). The van der Waals surface area contributed by atoms with Gasteiger partial charge in [-0.1, -0.05) is 36.7 Å². The highest BCUT2D eigenvalue weighted by Gasteiger charge is 2.29. The highest BCUT2D eigenvalue weighted by Crippen LogP contribution is 2.22. The van der Waals surface area contributed by atoms with E-state index in [2.05, 4.69) is 5.32 Å². The Balaban J connectivity index is 2.36. The van der Waals surface area contributed by atoms with Gasteiger partial charge in [0, 0.05) is 24.2 Å². The second-order valence-corrected chi connectivity index (χ2v) is 6.70. The van der Waals surface area contributed by atoms with Crippen LogP contribution in [0.4, 0.5) is 4.39 Å². The molecule has 28 heavy (non-hydrogen) atoms. The maximum Gasteiger partial charge on any atom is 0.242 e. The van der Waals surface area contributed by atoms with Gasteiger partial charge in [-0.2, -0.15) is 0 Å². The van der Waals surface area contributed by atoms with Crippen molar-refractivity contribution in [1.82, 2.24) is 10.2 Å². The summed E-state index contributed by atoms with van der Waals surface area (Å²) < 4.78 is 19.4. The fraction of sp³-hybridized carbons (Fsp3) is 0.333. The summed E-state index contributed by atoms with van der Waals surface area (Å²) in [6.07, 6.45) is 0.184. The Morgan fingerprint density at radius 1 is 1.25 bits per heavy atom. The van der Waals surface area contributed by atoms with Gasteiger partial charge in [0.15, 0.2) is 0 Å². The molecule has 0 spiro atoms. The van der Waals surface area contributed by atoms with E-state index in [1.165, 1.54) is 30.1 Å². The summed E-state index contributed by atoms with van der Waals surface area (Å²) in [7, 11) is 3.08. The Morgan fingerprint density at radius 3 is 2.57 bits per heavy atom. The molecule has 2 aromatic carbocycles. The van der Waals surface area contributed by atoms with E-state index in [-0.39, 0.29) is 35.4 Å². The number of ether oxygens (including phenoxy) is 1. The van der Waals surface area contributed by atoms with Gasteiger partial charge >= 0.3 is 0 Å². The van der Waals surface area contributed by atoms with Crippen LogP contribution in [0, 0.1) is 5.82 Å². The highest BCUT2D eigenvalue weighted by atomic mass is 35.5. The van der Waals surface area contributed by atoms with E-state index in [1.807, 2.05) is 19.1 Å². The molecular formula is C21H24ClFN2O3. The number of carbonyl (C=O) groups excluding carboxylic acids is 2. The molecule has 0 fully saturated rings. The molecule has 0 aliphatic rings. The zero-order valence-electron chi connectivity index (χ0n) is 16.2. The maximum atomic E-state index is 14.2. The summed E-state index contributed by atoms with van der Waals surface area (Å²) in [6.45, 7) is 2.01. The smallest absolute Gasteiger partial charge is 0.242 e. The summed E-state index contributed by atoms with van der Waals surface area (Å²) in [5.74, 6) is -0.561. The van der Waals surface area contributed by atoms with Crippen LogP contribution >= 0.6 is 11.6 Å². The Hall–Kier alpha value is -2.60. The number of nitrogens with zero attached hydrogens (tertiary/aromatic N) is 1. The molecule has 0 aliphatic heterocycles. The Bertz CT molecular complexity index is 824. The molecule has 1 N–H and O–H groups in total. The van der Waals surface area contributed by atoms with Crippen molar-refractivity contribution in [3.63, 3.8) is 0 Å². The zero-order chi connectivity index (χ0) is 20.7. The van der Waals surface area contributed by atoms with Crippen LogP contribution in [0.5, 0.6) is 5.75 Å². The van der Waals surface area contributed by atoms with Gasteiger partial charge in [-0.25, -0.2) is 4.39 Å². The molecule has 0 unspecified atom stereocenters. The first-order valence-corrected chi connectivity index (χ1v) is 9.35. The van der Waals surface area contributed by atoms with Crippen LogP contribution in [0.25, 0.3) is 0 Å². The number of hydrogen-bond donors (Lipinski definition) is 1. The van der Waals surface area contributed by atoms with Crippen molar-refractivity contribution < 1.29 is 18.7 Å². The van der Waals surface area contributed by atoms with Gasteiger partial charge in [0.25, 0.3) is 0 Å². The number of amides is 2. The Kier molecular flexibility index (Phi) is 7.81. The number of nitrogens with one attached hydrogen (secondary N) is 1. The minimum absolute atomic E-state index is 0.122. The lowest BCUT2D eigenvalue weighted by molar-refractivity contribution is -0.140. The van der Waals surface area contributed by atoms with Crippen molar-refractivity contribution in [2.24, 2.45) is 0 Å². The molecule has 0 aliphatic carbocycles. The van der Waals surface area contributed by atoms with E-state index in [9.17, 15) is 14.0 Å². The number of halogens is 2. The third kappa shape index (κ3) is 5.23. The lowest BCUT2D eigenvalue weighted by Crippen LogP contribution is -2.48. The Labute approximate surface area is 169 Å². The van der Waals surface area contributed by atoms with Crippen LogP contribution in [0.2, 0.25) is 5.02 Å². The summed E-state index contributed by atoms with van der Waals surface area (Å²) in [5.41, 5.74) is 0.922. The number of carbonyl (C=O) groups is 2. The molecule has 0 aromatic heterocycles. The van der Waals surface area contributed by atoms with Crippen LogP contribution in [0.3, 0.4) is 0 Å². The zero-order valence-corrected chi connectivity index (χ0v) is 16.9. The first kappa shape index (κ1) is 21.7. The largest absolute Gasteiger partial charge is 0.497 e. The molecule has 5 nitrogen and oxygen atoms in total. The van der Waals surface area contributed by atoms with E-state index < -0.39 is 11.9 Å². The van der Waals surface area contributed by atoms with E-state index in [0.29, 0.717) is 12.2 Å². The van der Waals surface area contributed by atoms with Gasteiger partial charge in [-0.15, -0.1) is 0 Å². The van der Waals surface area contributed by atoms with Gasteiger partial charge in [-0.3, -0.25) is 9.59 Å². The standard InChI is InChI=1S/C21H24ClFN2O3/c1-4-19(21(27)24-2)25(13-14-7-5-8-15(11-14)28-3)20(26)12-16-17(22)9-6-10-18(16)23/h5-11,19H,4,12-13H2,1-3H3,(H,24,27)/t19-/m1/s1. The second-order valence-electron chi connectivity index (χ2n) is 6.29. The lowest BCUT2D eigenvalue weighted by Gasteiger charge is -2.30. The Morgan fingerprint density at radius 2 is 1.96 bits per heavy atom. The SMILES string of the molecule is CC[C@H](C(=O)NC)N(Cc1cccc(OC)c1)C(=O)Cc1c(F)cccc1Cl. The van der Waals surface area contributed by atoms with Crippen molar-refractivity contribution in [3.8, 4) is 5.75 Å². The minimum atomic E-state index is -0.686. The quantitative estimate of drug-likeness (QED) is 0.728. The number of benzene rings is 2. The highest BCUT2D eigenvalue weighted by molar-refractivity contribution is 6.31. The molecule has 0 saturated carbocycles. The van der Waals surface area contributed by atoms with Gasteiger partial charge < -0.3 is 15.0 Å². The molecule has 7 heteroatoms. The average Bonchev–Trinajstić information content (AvgIpc) is 2.70. The van der Waals surface area contributed by atoms with Crippen LogP contribution in [0.15, 0.2) is 42.5 Å². The van der Waals surface area contributed by atoms with Crippen LogP contribution in [0.1, 0.15) is 24.5 Å². The van der Waals surface area contributed by atoms with E-state index >= 15 is 0 Å². The molecule has 150 valence electrons. The molecule has 2 amide bonds. The van der Waals surface area contributed by atoms with Crippen molar-refractivity contribution in [3.05, 3.63) is 64.4 Å². The predicted molar refractivity (Wildman–Crippen MR) is 107 cm³/mol. The van der Waals surface area contributed by atoms with Crippen molar-refractivity contribution in [1.29, 1.82) is 0 Å². The summed E-state index contributed by atoms with van der Waals surface area (Å²) >= 11 is 6.07. The molecule has 1 atom stereocenters. The minimum Gasteiger partial charge on any atom is -0.497 e. The van der Waals surface area contributed by atoms with Crippen LogP contribution < -0.4 is 10.1 Å². The first-order chi connectivity index (χ1) is 13.4. The van der Waals surface area contributed by atoms with Crippen molar-refractivity contribution in [2.45, 2.75) is 32.4 Å². The fourth-order valence-corrected chi connectivity index (χ4v) is 3.24. The van der Waals surface area contributed by atoms with Gasteiger partial charge in [0.05, 0.1) is 13.5 Å². The molecule has 0 heterocycles. The first-order valence-electron chi connectivity index (χ1n) is 8.98. The van der Waals surface area contributed by atoms with E-state index in [4.69, 9.17) is 16.3 Å². The summed E-state index contributed by atoms with van der Waals surface area (Å²) in [6, 6.07) is 10.8. The number of methoxy groups -OCH3 is 1. The van der Waals surface area contributed by atoms with Crippen molar-refractivity contribution >= 4 is 23.4 Å². The summed E-state index contributed by atoms with van der Waals surface area (Å²) in [4.78, 5) is 26.9. The molecule has 0 saturated heterocycles. The topological polar surface area (TPSA) is 58.6 Å². The molecular weight excluding hydrogens is 383 g/mol. The number of likely N-dealkylation sites (N-methyl/N-ethyl adjacent to an activating group) is 1. The third-order valence-electron chi connectivity index (χ3n) is 4.51. The second kappa shape index (κ2) is 10.1. The van der Waals surface area contributed by atoms with Crippen LogP contribution in [-0.2, 0) is 22.6 Å². The average molecular weight is 407 g/mol. The van der Waals surface area contributed by atoms with Gasteiger partial charge in [0.1, 0.15) is 17.6 Å². The molecule has 0 bridgehead atoms. The monoisotopic (exact) mass is 406 g/mol. The van der Waals surface area contributed by atoms with Gasteiger partial charge in [-0.05, 0) is 36.2 Å². The number of hydrogen-bond acceptors (Lipinski definition) is 3. The van der Waals surface area contributed by atoms with Gasteiger partial charge in [0.2, 0.25) is 11.8 Å². The lowest BCUT2D eigenvalue weighted by atomic mass is 10.1. The fourth-order valence-electron chi connectivity index (χ4n) is 3.01. The molecule has 2 aromatic rings. The van der Waals surface area contributed by atoms with Crippen molar-refractivity contribution in [2.75, 3.05) is 14.2 Å². The van der Waals surface area contributed by atoms with E-state index in [0.717, 1.165) is 5.56 Å². The normalized spacial score (nSPS) is 11.6. The van der Waals surface area contributed by atoms with E-state index in [1.54, 1.807) is 19.2 Å². The summed E-state index contributed by atoms with van der Waals surface area (Å²) in [5, 5.41) is 2.77. The predicted octanol–water partition coefficient (Wildman–Crippen LogP) is 3.58. The number of rotatable bonds is 8.